The summed E-state index contributed by atoms with van der Waals surface area (Å²) in [6.45, 7) is 1.81. The van der Waals surface area contributed by atoms with Crippen LogP contribution in [0.4, 0.5) is 0 Å². The van der Waals surface area contributed by atoms with E-state index in [-0.39, 0.29) is 23.4 Å². The second-order valence-corrected chi connectivity index (χ2v) is 7.17. The Morgan fingerprint density at radius 2 is 1.71 bits per heavy atom. The average Bonchev–Trinajstić information content (AvgIpc) is 2.46. The van der Waals surface area contributed by atoms with Gasteiger partial charge in [-0.15, -0.1) is 0 Å². The molecule has 0 aromatic heterocycles. The molecule has 7 heteroatoms. The van der Waals surface area contributed by atoms with E-state index in [0.717, 1.165) is 9.87 Å². The highest BCUT2D eigenvalue weighted by Gasteiger charge is 2.23. The van der Waals surface area contributed by atoms with Crippen LogP contribution in [0.15, 0.2) is 29.2 Å². The van der Waals surface area contributed by atoms with Crippen LogP contribution in [0.25, 0.3) is 0 Å². The van der Waals surface area contributed by atoms with Crippen molar-refractivity contribution in [2.24, 2.45) is 0 Å². The predicted molar refractivity (Wildman–Crippen MR) is 82.4 cm³/mol. The lowest BCUT2D eigenvalue weighted by Gasteiger charge is -2.19. The normalized spacial score (nSPS) is 13.2. The third-order valence-electron chi connectivity index (χ3n) is 3.38. The molecule has 1 rings (SSSR count). The van der Waals surface area contributed by atoms with E-state index in [1.54, 1.807) is 38.4 Å². The number of nitrogens with one attached hydrogen (secondary N) is 1. The van der Waals surface area contributed by atoms with Gasteiger partial charge in [-0.2, -0.15) is 4.31 Å². The van der Waals surface area contributed by atoms with E-state index in [1.165, 1.54) is 11.9 Å². The van der Waals surface area contributed by atoms with E-state index in [9.17, 15) is 13.2 Å². The fourth-order valence-corrected chi connectivity index (χ4v) is 2.81. The van der Waals surface area contributed by atoms with E-state index in [1.807, 2.05) is 14.0 Å². The fraction of sp³-hybridized carbons (Fsp3) is 0.500. The molecule has 0 aliphatic carbocycles. The van der Waals surface area contributed by atoms with Gasteiger partial charge in [-0.25, -0.2) is 8.42 Å². The molecule has 1 aromatic rings. The number of likely N-dealkylation sites (N-methyl/N-ethyl adjacent to an activating group) is 2. The largest absolute Gasteiger partial charge is 0.348 e. The van der Waals surface area contributed by atoms with Gasteiger partial charge in [-0.1, -0.05) is 12.1 Å². The van der Waals surface area contributed by atoms with E-state index in [4.69, 9.17) is 0 Å². The highest BCUT2D eigenvalue weighted by atomic mass is 32.2. The van der Waals surface area contributed by atoms with Crippen molar-refractivity contribution in [1.82, 2.24) is 14.5 Å². The molecule has 0 saturated heterocycles. The first-order valence-electron chi connectivity index (χ1n) is 6.64. The van der Waals surface area contributed by atoms with E-state index >= 15 is 0 Å². The summed E-state index contributed by atoms with van der Waals surface area (Å²) in [5, 5.41) is 3.09. The topological polar surface area (TPSA) is 69.7 Å². The minimum atomic E-state index is -3.65. The second-order valence-electron chi connectivity index (χ2n) is 5.13. The molecule has 0 heterocycles. The summed E-state index contributed by atoms with van der Waals surface area (Å²) in [5.74, 6) is -0.262. The van der Waals surface area contributed by atoms with Crippen molar-refractivity contribution in [3.8, 4) is 0 Å². The molecule has 1 amide bonds. The summed E-state index contributed by atoms with van der Waals surface area (Å²) in [7, 11) is 2.78. The average molecular weight is 313 g/mol. The van der Waals surface area contributed by atoms with Crippen LogP contribution in [-0.2, 0) is 14.8 Å². The van der Waals surface area contributed by atoms with Crippen LogP contribution >= 0.6 is 0 Å². The van der Waals surface area contributed by atoms with Crippen molar-refractivity contribution < 1.29 is 13.2 Å². The molecule has 0 bridgehead atoms. The molecule has 6 nitrogen and oxygen atoms in total. The first-order chi connectivity index (χ1) is 9.70. The molecule has 21 heavy (non-hydrogen) atoms. The van der Waals surface area contributed by atoms with Gasteiger partial charge >= 0.3 is 0 Å². The van der Waals surface area contributed by atoms with Crippen molar-refractivity contribution in [2.45, 2.75) is 17.9 Å². The maximum absolute atomic E-state index is 12.4. The molecule has 0 aliphatic rings. The number of rotatable bonds is 6. The number of hydrogen-bond acceptors (Lipinski definition) is 4. The molecular formula is C14H23N3O3S. The van der Waals surface area contributed by atoms with Crippen molar-refractivity contribution >= 4 is 15.9 Å². The molecule has 0 spiro atoms. The number of benzene rings is 1. The van der Waals surface area contributed by atoms with Crippen LogP contribution in [0.2, 0.25) is 0 Å². The third kappa shape index (κ3) is 4.26. The number of carbonyl (C=O) groups excluding carboxylic acids is 1. The van der Waals surface area contributed by atoms with Gasteiger partial charge in [-0.05, 0) is 31.7 Å². The van der Waals surface area contributed by atoms with Gasteiger partial charge in [0.1, 0.15) is 0 Å². The fourth-order valence-electron chi connectivity index (χ4n) is 1.69. The smallest absolute Gasteiger partial charge is 0.243 e. The maximum Gasteiger partial charge on any atom is 0.243 e. The zero-order valence-corrected chi connectivity index (χ0v) is 13.9. The monoisotopic (exact) mass is 313 g/mol. The summed E-state index contributed by atoms with van der Waals surface area (Å²) >= 11 is 0. The summed E-state index contributed by atoms with van der Waals surface area (Å²) in [6, 6.07) is 6.82. The summed E-state index contributed by atoms with van der Waals surface area (Å²) in [5.41, 5.74) is 1.00. The van der Waals surface area contributed by atoms with Crippen LogP contribution < -0.4 is 5.32 Å². The maximum atomic E-state index is 12.4. The zero-order chi connectivity index (χ0) is 16.2. The standard InChI is InChI=1S/C14H23N3O3S/c1-11(15-2)12-6-8-13(9-7-12)21(19,20)17(5)10-14(18)16(3)4/h6-9,11,15H,10H2,1-5H3. The Balaban J connectivity index is 2.95. The third-order valence-corrected chi connectivity index (χ3v) is 5.20. The number of carbonyl (C=O) groups is 1. The van der Waals surface area contributed by atoms with Crippen molar-refractivity contribution in [3.63, 3.8) is 0 Å². The Labute approximate surface area is 126 Å². The predicted octanol–water partition coefficient (Wildman–Crippen LogP) is 0.676. The van der Waals surface area contributed by atoms with E-state index in [2.05, 4.69) is 5.32 Å². The molecule has 1 unspecified atom stereocenters. The lowest BCUT2D eigenvalue weighted by Crippen LogP contribution is -2.37. The number of sulfonamides is 1. The van der Waals surface area contributed by atoms with Crippen LogP contribution in [0.3, 0.4) is 0 Å². The Kier molecular flexibility index (Phi) is 5.88. The van der Waals surface area contributed by atoms with Crippen molar-refractivity contribution in [1.29, 1.82) is 0 Å². The Morgan fingerprint density at radius 1 is 1.19 bits per heavy atom. The number of nitrogens with zero attached hydrogens (tertiary/aromatic N) is 2. The highest BCUT2D eigenvalue weighted by molar-refractivity contribution is 7.89. The Bertz CT molecular complexity index is 582. The van der Waals surface area contributed by atoms with Crippen LogP contribution in [0.5, 0.6) is 0 Å². The molecular weight excluding hydrogens is 290 g/mol. The molecule has 1 atom stereocenters. The molecule has 0 saturated carbocycles. The van der Waals surface area contributed by atoms with Gasteiger partial charge in [0.15, 0.2) is 0 Å². The van der Waals surface area contributed by atoms with Crippen LogP contribution in [0, 0.1) is 0 Å². The lowest BCUT2D eigenvalue weighted by atomic mass is 10.1. The van der Waals surface area contributed by atoms with E-state index in [0.29, 0.717) is 0 Å². The van der Waals surface area contributed by atoms with Crippen molar-refractivity contribution in [3.05, 3.63) is 29.8 Å². The number of amides is 1. The Morgan fingerprint density at radius 3 is 2.14 bits per heavy atom. The van der Waals surface area contributed by atoms with Gasteiger partial charge in [0.2, 0.25) is 15.9 Å². The molecule has 0 aliphatic heterocycles. The van der Waals surface area contributed by atoms with Gasteiger partial charge in [-0.3, -0.25) is 4.79 Å². The van der Waals surface area contributed by atoms with Crippen LogP contribution in [0.1, 0.15) is 18.5 Å². The van der Waals surface area contributed by atoms with Gasteiger partial charge < -0.3 is 10.2 Å². The van der Waals surface area contributed by atoms with Crippen LogP contribution in [-0.4, -0.2) is 58.3 Å². The van der Waals surface area contributed by atoms with Gasteiger partial charge in [0, 0.05) is 27.2 Å². The SMILES string of the molecule is CNC(C)c1ccc(S(=O)(=O)N(C)CC(=O)N(C)C)cc1. The summed E-state index contributed by atoms with van der Waals surface area (Å²) in [4.78, 5) is 13.2. The quantitative estimate of drug-likeness (QED) is 0.838. The molecule has 0 fully saturated rings. The summed E-state index contributed by atoms with van der Waals surface area (Å²) in [6.07, 6.45) is 0. The van der Waals surface area contributed by atoms with Gasteiger partial charge in [0.05, 0.1) is 11.4 Å². The number of hydrogen-bond donors (Lipinski definition) is 1. The highest BCUT2D eigenvalue weighted by Crippen LogP contribution is 2.18. The van der Waals surface area contributed by atoms with Gasteiger partial charge in [0.25, 0.3) is 0 Å². The minimum Gasteiger partial charge on any atom is -0.348 e. The first kappa shape index (κ1) is 17.6. The molecule has 0 radical (unpaired) electrons. The zero-order valence-electron chi connectivity index (χ0n) is 13.1. The first-order valence-corrected chi connectivity index (χ1v) is 8.08. The molecule has 1 aromatic carbocycles. The minimum absolute atomic E-state index is 0.148. The molecule has 118 valence electrons. The lowest BCUT2D eigenvalue weighted by molar-refractivity contribution is -0.128. The second kappa shape index (κ2) is 7.02. The summed E-state index contributed by atoms with van der Waals surface area (Å²) < 4.78 is 25.8. The van der Waals surface area contributed by atoms with Crippen molar-refractivity contribution in [2.75, 3.05) is 34.7 Å². The van der Waals surface area contributed by atoms with E-state index < -0.39 is 10.0 Å². The Hall–Kier alpha value is -1.44. The molecule has 1 N–H and O–H groups in total.